The standard InChI is InChI=1S/C23H29FO4S/c1-4-6-12-23(5-2)15-29(26,27)20-11-10-17(24)14-19(20)21(22(23)25)16-8-7-9-18(13-16)28-3/h7-11,13-14,21-22,25H,4-6,12,15H2,1-3H3/t21-,22?,23+/m0/s1. The molecule has 0 saturated carbocycles. The molecule has 2 aromatic carbocycles. The third kappa shape index (κ3) is 4.05. The highest BCUT2D eigenvalue weighted by atomic mass is 32.2. The van der Waals surface area contributed by atoms with E-state index in [-0.39, 0.29) is 10.6 Å². The van der Waals surface area contributed by atoms with Crippen LogP contribution >= 0.6 is 0 Å². The summed E-state index contributed by atoms with van der Waals surface area (Å²) in [4.78, 5) is 0.109. The predicted octanol–water partition coefficient (Wildman–Crippen LogP) is 4.70. The molecule has 2 aromatic rings. The van der Waals surface area contributed by atoms with Crippen molar-refractivity contribution < 1.29 is 22.7 Å². The number of unbranched alkanes of at least 4 members (excludes halogenated alkanes) is 1. The van der Waals surface area contributed by atoms with Crippen LogP contribution in [-0.2, 0) is 9.84 Å². The Hall–Kier alpha value is -1.92. The van der Waals surface area contributed by atoms with Gasteiger partial charge in [-0.05, 0) is 54.3 Å². The van der Waals surface area contributed by atoms with Crippen molar-refractivity contribution in [1.82, 2.24) is 0 Å². The van der Waals surface area contributed by atoms with Gasteiger partial charge in [-0.15, -0.1) is 0 Å². The van der Waals surface area contributed by atoms with Crippen LogP contribution in [0.25, 0.3) is 0 Å². The van der Waals surface area contributed by atoms with Gasteiger partial charge in [0.2, 0.25) is 0 Å². The summed E-state index contributed by atoms with van der Waals surface area (Å²) in [6, 6.07) is 11.0. The fourth-order valence-electron chi connectivity index (χ4n) is 4.54. The van der Waals surface area contributed by atoms with Gasteiger partial charge in [-0.3, -0.25) is 0 Å². The zero-order valence-electron chi connectivity index (χ0n) is 17.2. The van der Waals surface area contributed by atoms with Gasteiger partial charge in [0.05, 0.1) is 23.9 Å². The van der Waals surface area contributed by atoms with Crippen LogP contribution in [-0.4, -0.2) is 32.5 Å². The summed E-state index contributed by atoms with van der Waals surface area (Å²) in [6.45, 7) is 3.97. The number of fused-ring (bicyclic) bond motifs is 1. The molecule has 1 heterocycles. The number of ether oxygens (including phenoxy) is 1. The maximum atomic E-state index is 14.2. The first-order chi connectivity index (χ1) is 13.8. The van der Waals surface area contributed by atoms with Crippen LogP contribution in [0, 0.1) is 11.2 Å². The molecule has 0 aliphatic carbocycles. The topological polar surface area (TPSA) is 63.6 Å². The van der Waals surface area contributed by atoms with Crippen molar-refractivity contribution in [2.45, 2.75) is 56.4 Å². The Kier molecular flexibility index (Phi) is 6.34. The SMILES string of the molecule is CCCC[C@]1(CC)CS(=O)(=O)c2ccc(F)cc2[C@H](c2cccc(OC)c2)C1O. The fourth-order valence-corrected chi connectivity index (χ4v) is 6.80. The third-order valence-corrected chi connectivity index (χ3v) is 8.24. The Morgan fingerprint density at radius 2 is 1.97 bits per heavy atom. The number of hydrogen-bond acceptors (Lipinski definition) is 4. The van der Waals surface area contributed by atoms with Crippen molar-refractivity contribution in [1.29, 1.82) is 0 Å². The van der Waals surface area contributed by atoms with E-state index >= 15 is 0 Å². The zero-order valence-corrected chi connectivity index (χ0v) is 18.0. The molecule has 0 amide bonds. The van der Waals surface area contributed by atoms with Crippen molar-refractivity contribution in [2.75, 3.05) is 12.9 Å². The van der Waals surface area contributed by atoms with Crippen molar-refractivity contribution in [2.24, 2.45) is 5.41 Å². The van der Waals surface area contributed by atoms with Gasteiger partial charge in [-0.25, -0.2) is 12.8 Å². The highest BCUT2D eigenvalue weighted by Gasteiger charge is 2.49. The summed E-state index contributed by atoms with van der Waals surface area (Å²) in [5.41, 5.74) is 0.227. The highest BCUT2D eigenvalue weighted by molar-refractivity contribution is 7.91. The van der Waals surface area contributed by atoms with Crippen LogP contribution in [0.3, 0.4) is 0 Å². The van der Waals surface area contributed by atoms with Gasteiger partial charge in [-0.2, -0.15) is 0 Å². The molecule has 1 aliphatic heterocycles. The van der Waals surface area contributed by atoms with Gasteiger partial charge in [0.15, 0.2) is 9.84 Å². The number of aliphatic hydroxyl groups is 1. The van der Waals surface area contributed by atoms with Gasteiger partial charge in [0.1, 0.15) is 11.6 Å². The Morgan fingerprint density at radius 3 is 2.62 bits per heavy atom. The number of rotatable bonds is 6. The molecule has 0 aromatic heterocycles. The van der Waals surface area contributed by atoms with Crippen molar-refractivity contribution in [3.63, 3.8) is 0 Å². The Bertz CT molecular complexity index is 973. The normalized spacial score (nSPS) is 25.8. The monoisotopic (exact) mass is 420 g/mol. The average Bonchev–Trinajstić information content (AvgIpc) is 2.77. The number of benzene rings is 2. The van der Waals surface area contributed by atoms with Crippen LogP contribution < -0.4 is 4.74 Å². The van der Waals surface area contributed by atoms with E-state index in [0.29, 0.717) is 24.2 Å². The minimum absolute atomic E-state index is 0.109. The molecule has 1 unspecified atom stereocenters. The molecule has 29 heavy (non-hydrogen) atoms. The summed E-state index contributed by atoms with van der Waals surface area (Å²) in [5.74, 6) is -0.714. The molecule has 1 N–H and O–H groups in total. The van der Waals surface area contributed by atoms with Crippen LogP contribution in [0.2, 0.25) is 0 Å². The van der Waals surface area contributed by atoms with E-state index in [9.17, 15) is 17.9 Å². The second kappa shape index (κ2) is 8.44. The van der Waals surface area contributed by atoms with Crippen LogP contribution in [0.4, 0.5) is 4.39 Å². The van der Waals surface area contributed by atoms with Gasteiger partial charge in [0.25, 0.3) is 0 Å². The molecule has 3 atom stereocenters. The van der Waals surface area contributed by atoms with Crippen molar-refractivity contribution in [3.05, 3.63) is 59.4 Å². The molecule has 6 heteroatoms. The highest BCUT2D eigenvalue weighted by Crippen LogP contribution is 2.49. The lowest BCUT2D eigenvalue weighted by atomic mass is 9.69. The minimum atomic E-state index is -3.69. The van der Waals surface area contributed by atoms with Crippen LogP contribution in [0.5, 0.6) is 5.75 Å². The fraction of sp³-hybridized carbons (Fsp3) is 0.478. The van der Waals surface area contributed by atoms with E-state index in [4.69, 9.17) is 4.74 Å². The quantitative estimate of drug-likeness (QED) is 0.688. The molecule has 0 fully saturated rings. The molecular formula is C23H29FO4S. The van der Waals surface area contributed by atoms with E-state index in [0.717, 1.165) is 18.4 Å². The van der Waals surface area contributed by atoms with Crippen molar-refractivity contribution >= 4 is 9.84 Å². The number of sulfone groups is 1. The van der Waals surface area contributed by atoms with E-state index in [2.05, 4.69) is 0 Å². The first kappa shape index (κ1) is 21.8. The maximum absolute atomic E-state index is 14.2. The lowest BCUT2D eigenvalue weighted by Crippen LogP contribution is -2.42. The maximum Gasteiger partial charge on any atom is 0.179 e. The van der Waals surface area contributed by atoms with Gasteiger partial charge in [-0.1, -0.05) is 38.8 Å². The Balaban J connectivity index is 2.30. The lowest BCUT2D eigenvalue weighted by Gasteiger charge is -2.39. The Labute approximate surface area is 172 Å². The average molecular weight is 421 g/mol. The number of hydrogen-bond donors (Lipinski definition) is 1. The molecule has 0 radical (unpaired) electrons. The summed E-state index contributed by atoms with van der Waals surface area (Å²) in [7, 11) is -2.14. The molecule has 0 bridgehead atoms. The zero-order chi connectivity index (χ0) is 21.2. The summed E-state index contributed by atoms with van der Waals surface area (Å²) in [5, 5.41) is 11.6. The van der Waals surface area contributed by atoms with Gasteiger partial charge < -0.3 is 9.84 Å². The van der Waals surface area contributed by atoms with Crippen molar-refractivity contribution in [3.8, 4) is 5.75 Å². The summed E-state index contributed by atoms with van der Waals surface area (Å²) < 4.78 is 46.2. The van der Waals surface area contributed by atoms with Gasteiger partial charge >= 0.3 is 0 Å². The van der Waals surface area contributed by atoms with Crippen LogP contribution in [0.15, 0.2) is 47.4 Å². The van der Waals surface area contributed by atoms with Crippen LogP contribution in [0.1, 0.15) is 56.6 Å². The summed E-state index contributed by atoms with van der Waals surface area (Å²) in [6.07, 6.45) is 1.86. The second-order valence-corrected chi connectivity index (χ2v) is 9.92. The second-order valence-electron chi connectivity index (χ2n) is 7.96. The lowest BCUT2D eigenvalue weighted by molar-refractivity contribution is 0.0173. The van der Waals surface area contributed by atoms with E-state index < -0.39 is 33.1 Å². The van der Waals surface area contributed by atoms with Gasteiger partial charge in [0, 0.05) is 11.3 Å². The minimum Gasteiger partial charge on any atom is -0.497 e. The number of aliphatic hydroxyl groups excluding tert-OH is 1. The first-order valence-electron chi connectivity index (χ1n) is 10.1. The first-order valence-corrected chi connectivity index (χ1v) is 11.8. The number of halogens is 1. The number of methoxy groups -OCH3 is 1. The van der Waals surface area contributed by atoms with E-state index in [1.807, 2.05) is 19.9 Å². The third-order valence-electron chi connectivity index (χ3n) is 6.25. The molecular weight excluding hydrogens is 391 g/mol. The molecule has 0 spiro atoms. The predicted molar refractivity (Wildman–Crippen MR) is 112 cm³/mol. The smallest absolute Gasteiger partial charge is 0.179 e. The van der Waals surface area contributed by atoms with E-state index in [1.54, 1.807) is 25.3 Å². The molecule has 0 saturated heterocycles. The molecule has 3 rings (SSSR count). The molecule has 4 nitrogen and oxygen atoms in total. The molecule has 1 aliphatic rings. The largest absolute Gasteiger partial charge is 0.497 e. The summed E-state index contributed by atoms with van der Waals surface area (Å²) >= 11 is 0. The Morgan fingerprint density at radius 1 is 1.21 bits per heavy atom. The van der Waals surface area contributed by atoms with E-state index in [1.165, 1.54) is 18.2 Å². The molecule has 158 valence electrons.